The predicted octanol–water partition coefficient (Wildman–Crippen LogP) is 4.48. The molecule has 124 valence electrons. The molecule has 2 aromatic heterocycles. The molecule has 0 bridgehead atoms. The number of aromatic nitrogens is 2. The van der Waals surface area contributed by atoms with Crippen molar-refractivity contribution in [3.8, 4) is 0 Å². The molecule has 0 amide bonds. The average Bonchev–Trinajstić information content (AvgIpc) is 2.51. The number of hydrogen-bond acceptors (Lipinski definition) is 5. The number of hydrogen-bond donors (Lipinski definition) is 1. The van der Waals surface area contributed by atoms with Crippen LogP contribution < -0.4 is 9.62 Å². The minimum absolute atomic E-state index is 0.00635. The zero-order valence-corrected chi connectivity index (χ0v) is 13.9. The van der Waals surface area contributed by atoms with Gasteiger partial charge in [0.05, 0.1) is 11.3 Å². The van der Waals surface area contributed by atoms with Gasteiger partial charge in [0, 0.05) is 37.8 Å². The Morgan fingerprint density at radius 2 is 2.09 bits per heavy atom. The SMILES string of the molecule is CSN(C)c1ncccc1CNc1cc(Cl)ncc1C(F)(F)F. The summed E-state index contributed by atoms with van der Waals surface area (Å²) >= 11 is 7.17. The van der Waals surface area contributed by atoms with Gasteiger partial charge in [0.15, 0.2) is 0 Å². The van der Waals surface area contributed by atoms with E-state index in [0.717, 1.165) is 11.8 Å². The maximum Gasteiger partial charge on any atom is 0.419 e. The highest BCUT2D eigenvalue weighted by Crippen LogP contribution is 2.35. The van der Waals surface area contributed by atoms with E-state index >= 15 is 0 Å². The third kappa shape index (κ3) is 4.42. The molecule has 0 unspecified atom stereocenters. The van der Waals surface area contributed by atoms with E-state index in [-0.39, 0.29) is 17.4 Å². The summed E-state index contributed by atoms with van der Waals surface area (Å²) in [4.78, 5) is 7.76. The van der Waals surface area contributed by atoms with Crippen molar-refractivity contribution in [2.45, 2.75) is 12.7 Å². The molecular formula is C14H14ClF3N4S. The van der Waals surface area contributed by atoms with Crippen molar-refractivity contribution in [3.63, 3.8) is 0 Å². The summed E-state index contributed by atoms with van der Waals surface area (Å²) in [5.41, 5.74) is -0.199. The maximum absolute atomic E-state index is 13.0. The summed E-state index contributed by atoms with van der Waals surface area (Å²) in [6, 6.07) is 4.70. The van der Waals surface area contributed by atoms with Crippen LogP contribution in [-0.2, 0) is 12.7 Å². The van der Waals surface area contributed by atoms with Crippen molar-refractivity contribution in [2.75, 3.05) is 22.9 Å². The van der Waals surface area contributed by atoms with Crippen molar-refractivity contribution in [2.24, 2.45) is 0 Å². The molecule has 0 spiro atoms. The number of rotatable bonds is 5. The van der Waals surface area contributed by atoms with E-state index in [2.05, 4.69) is 15.3 Å². The van der Waals surface area contributed by atoms with Crippen LogP contribution in [0.4, 0.5) is 24.7 Å². The van der Waals surface area contributed by atoms with E-state index in [0.29, 0.717) is 5.82 Å². The number of nitrogens with zero attached hydrogens (tertiary/aromatic N) is 3. The first-order chi connectivity index (χ1) is 10.8. The van der Waals surface area contributed by atoms with Gasteiger partial charge in [0.2, 0.25) is 0 Å². The molecule has 23 heavy (non-hydrogen) atoms. The number of alkyl halides is 3. The Kier molecular flexibility index (Phi) is 5.59. The zero-order chi connectivity index (χ0) is 17.0. The van der Waals surface area contributed by atoms with Gasteiger partial charge >= 0.3 is 6.18 Å². The summed E-state index contributed by atoms with van der Waals surface area (Å²) in [7, 11) is 1.83. The molecule has 0 atom stereocenters. The summed E-state index contributed by atoms with van der Waals surface area (Å²) in [6.45, 7) is 0.178. The highest BCUT2D eigenvalue weighted by atomic mass is 35.5. The predicted molar refractivity (Wildman–Crippen MR) is 87.7 cm³/mol. The second kappa shape index (κ2) is 7.27. The van der Waals surface area contributed by atoms with Gasteiger partial charge in [-0.25, -0.2) is 9.97 Å². The summed E-state index contributed by atoms with van der Waals surface area (Å²) in [6.07, 6.45) is -0.261. The number of nitrogens with one attached hydrogen (secondary N) is 1. The van der Waals surface area contributed by atoms with Crippen LogP contribution in [0.2, 0.25) is 5.15 Å². The summed E-state index contributed by atoms with van der Waals surface area (Å²) in [5, 5.41) is 2.77. The topological polar surface area (TPSA) is 41.1 Å². The molecule has 4 nitrogen and oxygen atoms in total. The first kappa shape index (κ1) is 17.7. The minimum Gasteiger partial charge on any atom is -0.380 e. The third-order valence-corrected chi connectivity index (χ3v) is 4.01. The molecule has 0 aliphatic rings. The van der Waals surface area contributed by atoms with Crippen molar-refractivity contribution in [1.82, 2.24) is 9.97 Å². The fourth-order valence-corrected chi connectivity index (χ4v) is 2.43. The first-order valence-electron chi connectivity index (χ1n) is 6.51. The van der Waals surface area contributed by atoms with Crippen molar-refractivity contribution >= 4 is 35.1 Å². The van der Waals surface area contributed by atoms with Gasteiger partial charge in [0.25, 0.3) is 0 Å². The number of anilines is 2. The summed E-state index contributed by atoms with van der Waals surface area (Å²) in [5.74, 6) is 0.682. The zero-order valence-electron chi connectivity index (χ0n) is 12.4. The van der Waals surface area contributed by atoms with E-state index < -0.39 is 11.7 Å². The van der Waals surface area contributed by atoms with Crippen LogP contribution in [0.1, 0.15) is 11.1 Å². The van der Waals surface area contributed by atoms with E-state index in [1.54, 1.807) is 18.3 Å². The molecule has 2 heterocycles. The Morgan fingerprint density at radius 1 is 1.35 bits per heavy atom. The number of halogens is 4. The van der Waals surface area contributed by atoms with Crippen LogP contribution in [0.5, 0.6) is 0 Å². The van der Waals surface area contributed by atoms with Crippen molar-refractivity contribution in [3.05, 3.63) is 46.9 Å². The molecule has 2 aromatic rings. The lowest BCUT2D eigenvalue weighted by atomic mass is 10.2. The highest BCUT2D eigenvalue weighted by molar-refractivity contribution is 7.99. The van der Waals surface area contributed by atoms with Crippen LogP contribution >= 0.6 is 23.5 Å². The molecule has 0 fully saturated rings. The van der Waals surface area contributed by atoms with Gasteiger partial charge in [-0.1, -0.05) is 29.6 Å². The fraction of sp³-hybridized carbons (Fsp3) is 0.286. The monoisotopic (exact) mass is 362 g/mol. The van der Waals surface area contributed by atoms with E-state index in [1.807, 2.05) is 17.6 Å². The minimum atomic E-state index is -4.51. The quantitative estimate of drug-likeness (QED) is 0.627. The highest BCUT2D eigenvalue weighted by Gasteiger charge is 2.34. The van der Waals surface area contributed by atoms with Gasteiger partial charge < -0.3 is 9.62 Å². The largest absolute Gasteiger partial charge is 0.419 e. The lowest BCUT2D eigenvalue weighted by Gasteiger charge is -2.19. The second-order valence-corrected chi connectivity index (χ2v) is 5.87. The standard InChI is InChI=1S/C14H14ClF3N4S/c1-22(23-2)13-9(4-3-5-19-13)7-20-11-6-12(15)21-8-10(11)14(16,17)18/h3-6,8H,7H2,1-2H3,(H,20,21). The molecule has 0 aromatic carbocycles. The van der Waals surface area contributed by atoms with Crippen molar-refractivity contribution < 1.29 is 13.2 Å². The Bertz CT molecular complexity index is 681. The second-order valence-electron chi connectivity index (χ2n) is 4.57. The molecule has 9 heteroatoms. The van der Waals surface area contributed by atoms with Crippen LogP contribution in [0.3, 0.4) is 0 Å². The van der Waals surface area contributed by atoms with Crippen LogP contribution in [0.25, 0.3) is 0 Å². The van der Waals surface area contributed by atoms with Gasteiger partial charge in [0.1, 0.15) is 11.0 Å². The van der Waals surface area contributed by atoms with E-state index in [9.17, 15) is 13.2 Å². The van der Waals surface area contributed by atoms with Crippen molar-refractivity contribution in [1.29, 1.82) is 0 Å². The Hall–Kier alpha value is -1.67. The maximum atomic E-state index is 13.0. The van der Waals surface area contributed by atoms with Crippen LogP contribution in [0.15, 0.2) is 30.6 Å². The normalized spacial score (nSPS) is 11.4. The first-order valence-corrected chi connectivity index (χ1v) is 8.07. The molecule has 2 rings (SSSR count). The third-order valence-electron chi connectivity index (χ3n) is 3.08. The fourth-order valence-electron chi connectivity index (χ4n) is 1.93. The molecule has 0 radical (unpaired) electrons. The van der Waals surface area contributed by atoms with Gasteiger partial charge in [-0.15, -0.1) is 0 Å². The molecule has 0 aliphatic carbocycles. The molecule has 0 aliphatic heterocycles. The summed E-state index contributed by atoms with van der Waals surface area (Å²) < 4.78 is 40.9. The molecule has 0 saturated carbocycles. The van der Waals surface area contributed by atoms with Gasteiger partial charge in [-0.2, -0.15) is 13.2 Å². The molecule has 0 saturated heterocycles. The van der Waals surface area contributed by atoms with E-state index in [4.69, 9.17) is 11.6 Å². The van der Waals surface area contributed by atoms with E-state index in [1.165, 1.54) is 18.0 Å². The smallest absolute Gasteiger partial charge is 0.380 e. The Labute approximate surface area is 141 Å². The molecule has 1 N–H and O–H groups in total. The van der Waals surface area contributed by atoms with Crippen LogP contribution in [-0.4, -0.2) is 23.3 Å². The Balaban J connectivity index is 2.27. The molecular weight excluding hydrogens is 349 g/mol. The Morgan fingerprint density at radius 3 is 2.74 bits per heavy atom. The van der Waals surface area contributed by atoms with Gasteiger partial charge in [-0.3, -0.25) is 0 Å². The van der Waals surface area contributed by atoms with Gasteiger partial charge in [-0.05, 0) is 12.1 Å². The lowest BCUT2D eigenvalue weighted by Crippen LogP contribution is -2.14. The lowest BCUT2D eigenvalue weighted by molar-refractivity contribution is -0.137. The average molecular weight is 363 g/mol. The number of pyridine rings is 2. The van der Waals surface area contributed by atoms with Crippen LogP contribution in [0, 0.1) is 0 Å².